The average Bonchev–Trinajstić information content (AvgIpc) is 2.82. The van der Waals surface area contributed by atoms with Crippen LogP contribution in [0.25, 0.3) is 5.69 Å². The van der Waals surface area contributed by atoms with E-state index >= 15 is 0 Å². The summed E-state index contributed by atoms with van der Waals surface area (Å²) in [6.45, 7) is 8.24. The molecule has 20 heavy (non-hydrogen) atoms. The summed E-state index contributed by atoms with van der Waals surface area (Å²) in [4.78, 5) is 11.6. The molecule has 1 N–H and O–H groups in total. The Morgan fingerprint density at radius 2 is 1.90 bits per heavy atom. The van der Waals surface area contributed by atoms with Gasteiger partial charge in [0.1, 0.15) is 5.69 Å². The van der Waals surface area contributed by atoms with Crippen LogP contribution in [0.2, 0.25) is 0 Å². The molecule has 2 rings (SSSR count). The number of carboxylic acids is 1. The van der Waals surface area contributed by atoms with Crippen LogP contribution in [0.4, 0.5) is 0 Å². The predicted molar refractivity (Wildman–Crippen MR) is 74.9 cm³/mol. The summed E-state index contributed by atoms with van der Waals surface area (Å²) < 4.78 is 3.18. The van der Waals surface area contributed by atoms with Crippen LogP contribution in [0.15, 0.2) is 36.7 Å². The van der Waals surface area contributed by atoms with E-state index in [9.17, 15) is 9.90 Å². The SMILES string of the molecule is CC([n+]1cnn(-c2ccccc2)c1C(=O)O)C(C)(C)C. The van der Waals surface area contributed by atoms with Gasteiger partial charge in [-0.05, 0) is 24.5 Å². The van der Waals surface area contributed by atoms with Gasteiger partial charge < -0.3 is 5.11 Å². The third kappa shape index (κ3) is 2.57. The maximum absolute atomic E-state index is 11.6. The highest BCUT2D eigenvalue weighted by Crippen LogP contribution is 2.26. The van der Waals surface area contributed by atoms with E-state index < -0.39 is 5.97 Å². The van der Waals surface area contributed by atoms with Crippen LogP contribution in [-0.2, 0) is 0 Å². The molecule has 1 aromatic carbocycles. The lowest BCUT2D eigenvalue weighted by molar-refractivity contribution is -0.734. The van der Waals surface area contributed by atoms with E-state index in [2.05, 4.69) is 25.9 Å². The number of rotatable bonds is 3. The second kappa shape index (κ2) is 5.07. The molecule has 0 spiro atoms. The Morgan fingerprint density at radius 3 is 2.40 bits per heavy atom. The number of carboxylic acid groups (broad SMARTS) is 1. The summed E-state index contributed by atoms with van der Waals surface area (Å²) in [6, 6.07) is 9.31. The topological polar surface area (TPSA) is 59.0 Å². The third-order valence-corrected chi connectivity index (χ3v) is 3.60. The number of nitrogens with zero attached hydrogens (tertiary/aromatic N) is 3. The minimum atomic E-state index is -0.984. The van der Waals surface area contributed by atoms with E-state index in [-0.39, 0.29) is 17.3 Å². The van der Waals surface area contributed by atoms with Gasteiger partial charge >= 0.3 is 11.8 Å². The molecule has 5 heteroatoms. The molecule has 0 saturated heterocycles. The molecule has 1 aromatic heterocycles. The van der Waals surface area contributed by atoms with E-state index in [1.54, 1.807) is 10.9 Å². The molecule has 5 nitrogen and oxygen atoms in total. The van der Waals surface area contributed by atoms with Crippen molar-refractivity contribution in [2.24, 2.45) is 5.41 Å². The van der Waals surface area contributed by atoms with E-state index in [1.165, 1.54) is 4.68 Å². The van der Waals surface area contributed by atoms with Crippen LogP contribution < -0.4 is 4.57 Å². The zero-order valence-corrected chi connectivity index (χ0v) is 12.2. The van der Waals surface area contributed by atoms with Gasteiger partial charge in [-0.25, -0.2) is 9.36 Å². The Labute approximate surface area is 118 Å². The monoisotopic (exact) mass is 274 g/mol. The molecule has 0 amide bonds. The van der Waals surface area contributed by atoms with Gasteiger partial charge in [-0.15, -0.1) is 0 Å². The van der Waals surface area contributed by atoms with Crippen molar-refractivity contribution in [3.8, 4) is 5.69 Å². The number of hydrogen-bond acceptors (Lipinski definition) is 2. The summed E-state index contributed by atoms with van der Waals surface area (Å²) in [5.41, 5.74) is 0.684. The van der Waals surface area contributed by atoms with E-state index in [4.69, 9.17) is 0 Å². The van der Waals surface area contributed by atoms with Gasteiger partial charge in [0.05, 0.1) is 6.04 Å². The van der Waals surface area contributed by atoms with Gasteiger partial charge in [0, 0.05) is 5.10 Å². The molecule has 1 unspecified atom stereocenters. The molecular weight excluding hydrogens is 254 g/mol. The molecule has 0 aliphatic rings. The Bertz CT molecular complexity index is 612. The first-order chi connectivity index (χ1) is 9.32. The highest BCUT2D eigenvalue weighted by molar-refractivity contribution is 5.82. The number of carbonyl (C=O) groups is 1. The minimum Gasteiger partial charge on any atom is -0.473 e. The maximum Gasteiger partial charge on any atom is 0.406 e. The third-order valence-electron chi connectivity index (χ3n) is 3.60. The van der Waals surface area contributed by atoms with Gasteiger partial charge in [0.25, 0.3) is 6.33 Å². The summed E-state index contributed by atoms with van der Waals surface area (Å²) >= 11 is 0. The van der Waals surface area contributed by atoms with E-state index in [0.717, 1.165) is 5.69 Å². The summed E-state index contributed by atoms with van der Waals surface area (Å²) in [5, 5.41) is 13.8. The summed E-state index contributed by atoms with van der Waals surface area (Å²) in [5.74, 6) is -0.818. The molecule has 1 atom stereocenters. The molecule has 0 aliphatic carbocycles. The lowest BCUT2D eigenvalue weighted by Crippen LogP contribution is -2.48. The van der Waals surface area contributed by atoms with Crippen LogP contribution in [0, 0.1) is 5.41 Å². The van der Waals surface area contributed by atoms with Crippen LogP contribution in [-0.4, -0.2) is 20.9 Å². The van der Waals surface area contributed by atoms with Gasteiger partial charge in [0.15, 0.2) is 0 Å². The smallest absolute Gasteiger partial charge is 0.406 e. The Hall–Kier alpha value is -2.17. The second-order valence-corrected chi connectivity index (χ2v) is 5.96. The number of aromatic nitrogens is 3. The zero-order valence-electron chi connectivity index (χ0n) is 12.2. The van der Waals surface area contributed by atoms with Crippen molar-refractivity contribution in [1.29, 1.82) is 0 Å². The molecule has 0 bridgehead atoms. The molecule has 0 aliphatic heterocycles. The van der Waals surface area contributed by atoms with Crippen LogP contribution >= 0.6 is 0 Å². The molecule has 1 heterocycles. The van der Waals surface area contributed by atoms with Crippen molar-refractivity contribution in [1.82, 2.24) is 9.78 Å². The first-order valence-corrected chi connectivity index (χ1v) is 6.60. The Morgan fingerprint density at radius 1 is 1.30 bits per heavy atom. The second-order valence-electron chi connectivity index (χ2n) is 5.96. The fourth-order valence-corrected chi connectivity index (χ4v) is 1.99. The van der Waals surface area contributed by atoms with Crippen LogP contribution in [0.5, 0.6) is 0 Å². The summed E-state index contributed by atoms with van der Waals surface area (Å²) in [6.07, 6.45) is 1.59. The molecule has 106 valence electrons. The average molecular weight is 274 g/mol. The molecule has 0 radical (unpaired) electrons. The predicted octanol–water partition coefficient (Wildman–Crippen LogP) is 2.47. The molecule has 0 saturated carbocycles. The number of hydrogen-bond donors (Lipinski definition) is 1. The van der Waals surface area contributed by atoms with Gasteiger partial charge in [-0.1, -0.05) is 43.7 Å². The normalized spacial score (nSPS) is 13.2. The number of benzene rings is 1. The first kappa shape index (κ1) is 14.2. The van der Waals surface area contributed by atoms with Crippen molar-refractivity contribution >= 4 is 5.97 Å². The Kier molecular flexibility index (Phi) is 3.61. The Balaban J connectivity index is 2.58. The highest BCUT2D eigenvalue weighted by atomic mass is 16.4. The molecular formula is C15H20N3O2+. The lowest BCUT2D eigenvalue weighted by Gasteiger charge is -2.25. The van der Waals surface area contributed by atoms with Crippen molar-refractivity contribution in [2.75, 3.05) is 0 Å². The fraction of sp³-hybridized carbons (Fsp3) is 0.400. The highest BCUT2D eigenvalue weighted by Gasteiger charge is 2.34. The van der Waals surface area contributed by atoms with Crippen molar-refractivity contribution in [3.05, 3.63) is 42.5 Å². The maximum atomic E-state index is 11.6. The van der Waals surface area contributed by atoms with Gasteiger partial charge in [0.2, 0.25) is 0 Å². The van der Waals surface area contributed by atoms with Crippen molar-refractivity contribution in [2.45, 2.75) is 33.7 Å². The fourth-order valence-electron chi connectivity index (χ4n) is 1.99. The number of aromatic carboxylic acids is 1. The molecule has 0 fully saturated rings. The largest absolute Gasteiger partial charge is 0.473 e. The molecule has 2 aromatic rings. The quantitative estimate of drug-likeness (QED) is 0.875. The van der Waals surface area contributed by atoms with Crippen molar-refractivity contribution < 1.29 is 14.5 Å². The first-order valence-electron chi connectivity index (χ1n) is 6.60. The standard InChI is InChI=1S/C15H19N3O2/c1-11(15(2,3)4)17-10-16-18(13(17)14(19)20)12-8-6-5-7-9-12/h5-11H,1-4H3/p+1. The summed E-state index contributed by atoms with van der Waals surface area (Å²) in [7, 11) is 0. The van der Waals surface area contributed by atoms with Crippen molar-refractivity contribution in [3.63, 3.8) is 0 Å². The number of para-hydroxylation sites is 1. The van der Waals surface area contributed by atoms with Crippen LogP contribution in [0.1, 0.15) is 44.4 Å². The van der Waals surface area contributed by atoms with Gasteiger partial charge in [-0.2, -0.15) is 0 Å². The van der Waals surface area contributed by atoms with E-state index in [1.807, 2.05) is 37.3 Å². The minimum absolute atomic E-state index is 0.0195. The lowest BCUT2D eigenvalue weighted by atomic mass is 9.88. The van der Waals surface area contributed by atoms with E-state index in [0.29, 0.717) is 0 Å². The zero-order chi connectivity index (χ0) is 14.9. The van der Waals surface area contributed by atoms with Gasteiger partial charge in [-0.3, -0.25) is 0 Å². The van der Waals surface area contributed by atoms with Crippen LogP contribution in [0.3, 0.4) is 0 Å².